The number of benzene rings is 1. The van der Waals surface area contributed by atoms with Crippen LogP contribution in [0.1, 0.15) is 30.0 Å². The highest BCUT2D eigenvalue weighted by Gasteiger charge is 2.27. The summed E-state index contributed by atoms with van der Waals surface area (Å²) in [5.74, 6) is -1.20. The molecule has 1 saturated heterocycles. The van der Waals surface area contributed by atoms with E-state index in [1.54, 1.807) is 0 Å². The minimum absolute atomic E-state index is 0.0579. The number of likely N-dealkylation sites (tertiary alicyclic amines) is 1. The zero-order valence-electron chi connectivity index (χ0n) is 16.0. The first kappa shape index (κ1) is 18.5. The maximum Gasteiger partial charge on any atom is 0.314 e. The second-order valence-electron chi connectivity index (χ2n) is 7.37. The fraction of sp³-hybridized carbons (Fsp3) is 0.450. The Morgan fingerprint density at radius 3 is 2.75 bits per heavy atom. The zero-order valence-corrected chi connectivity index (χ0v) is 16.0. The Labute approximate surface area is 163 Å². The average molecular weight is 383 g/mol. The summed E-state index contributed by atoms with van der Waals surface area (Å²) in [4.78, 5) is 28.9. The summed E-state index contributed by atoms with van der Waals surface area (Å²) < 4.78 is 4.66. The first-order chi connectivity index (χ1) is 13.6. The van der Waals surface area contributed by atoms with Gasteiger partial charge in [-0.25, -0.2) is 0 Å². The lowest BCUT2D eigenvalue weighted by molar-refractivity contribution is -0.136. The number of aromatic nitrogens is 1. The summed E-state index contributed by atoms with van der Waals surface area (Å²) in [6.45, 7) is 3.43. The average Bonchev–Trinajstić information content (AvgIpc) is 3.45. The van der Waals surface area contributed by atoms with E-state index in [0.29, 0.717) is 6.54 Å². The Kier molecular flexibility index (Phi) is 5.29. The molecule has 1 aromatic carbocycles. The van der Waals surface area contributed by atoms with Crippen LogP contribution in [0.15, 0.2) is 35.1 Å². The molecule has 3 heterocycles. The smallest absolute Gasteiger partial charge is 0.314 e. The van der Waals surface area contributed by atoms with E-state index in [4.69, 9.17) is 0 Å². The molecule has 4 rings (SSSR count). The Morgan fingerprint density at radius 1 is 1.18 bits per heavy atom. The van der Waals surface area contributed by atoms with E-state index in [2.05, 4.69) is 55.4 Å². The highest BCUT2D eigenvalue weighted by Crippen LogP contribution is 2.32. The van der Waals surface area contributed by atoms with Gasteiger partial charge in [0, 0.05) is 31.9 Å². The number of fused-ring (bicyclic) bond motifs is 1. The third kappa shape index (κ3) is 3.87. The van der Waals surface area contributed by atoms with E-state index in [1.165, 1.54) is 29.1 Å². The van der Waals surface area contributed by atoms with E-state index in [0.717, 1.165) is 38.9 Å². The van der Waals surface area contributed by atoms with Crippen molar-refractivity contribution in [3.63, 3.8) is 0 Å². The van der Waals surface area contributed by atoms with E-state index < -0.39 is 11.8 Å². The first-order valence-electron chi connectivity index (χ1n) is 9.69. The minimum atomic E-state index is -0.746. The van der Waals surface area contributed by atoms with Crippen LogP contribution >= 0.6 is 0 Å². The molecule has 2 amide bonds. The third-order valence-corrected chi connectivity index (χ3v) is 5.54. The van der Waals surface area contributed by atoms with Gasteiger partial charge in [0.25, 0.3) is 0 Å². The number of carbonyl (C=O) groups excluding carboxylic acids is 2. The molecule has 0 saturated carbocycles. The number of anilines is 2. The summed E-state index contributed by atoms with van der Waals surface area (Å²) in [6.07, 6.45) is 4.69. The highest BCUT2D eigenvalue weighted by molar-refractivity contribution is 6.39. The zero-order chi connectivity index (χ0) is 19.5. The highest BCUT2D eigenvalue weighted by atomic mass is 16.5. The summed E-state index contributed by atoms with van der Waals surface area (Å²) in [7, 11) is 2.11. The van der Waals surface area contributed by atoms with Gasteiger partial charge in [-0.05, 0) is 49.5 Å². The largest absolute Gasteiger partial charge is 0.374 e. The predicted octanol–water partition coefficient (Wildman–Crippen LogP) is 1.56. The maximum absolute atomic E-state index is 12.2. The van der Waals surface area contributed by atoms with Crippen LogP contribution in [-0.4, -0.2) is 55.1 Å². The lowest BCUT2D eigenvalue weighted by Gasteiger charge is -2.28. The standard InChI is InChI=1S/C20H25N5O3/c1-24-10-6-15-12-14(4-5-16(15)24)17(25-8-2-3-9-25)13-21-19(26)20(27)22-18-7-11-28-23-18/h4-5,7,11-12,17H,2-3,6,8-10,13H2,1H3,(H,21,26)(H,22,23,27)/t17-/m0/s1. The first-order valence-corrected chi connectivity index (χ1v) is 9.69. The van der Waals surface area contributed by atoms with Crippen LogP contribution < -0.4 is 15.5 Å². The fourth-order valence-corrected chi connectivity index (χ4v) is 4.02. The second-order valence-corrected chi connectivity index (χ2v) is 7.37. The van der Waals surface area contributed by atoms with Gasteiger partial charge in [-0.1, -0.05) is 17.3 Å². The number of rotatable bonds is 5. The van der Waals surface area contributed by atoms with Gasteiger partial charge in [-0.2, -0.15) is 0 Å². The van der Waals surface area contributed by atoms with E-state index in [-0.39, 0.29) is 11.9 Å². The van der Waals surface area contributed by atoms with Crippen LogP contribution in [-0.2, 0) is 16.0 Å². The number of hydrogen-bond acceptors (Lipinski definition) is 6. The van der Waals surface area contributed by atoms with Crippen molar-refractivity contribution in [1.29, 1.82) is 0 Å². The Bertz CT molecular complexity index is 846. The molecule has 2 aromatic rings. The van der Waals surface area contributed by atoms with Crippen LogP contribution in [0, 0.1) is 0 Å². The Hall–Kier alpha value is -2.87. The number of likely N-dealkylation sites (N-methyl/N-ethyl adjacent to an activating group) is 1. The third-order valence-electron chi connectivity index (χ3n) is 5.54. The lowest BCUT2D eigenvalue weighted by Crippen LogP contribution is -2.41. The van der Waals surface area contributed by atoms with Crippen LogP contribution in [0.5, 0.6) is 0 Å². The lowest BCUT2D eigenvalue weighted by atomic mass is 10.0. The summed E-state index contributed by atoms with van der Waals surface area (Å²) >= 11 is 0. The molecular weight excluding hydrogens is 358 g/mol. The van der Waals surface area contributed by atoms with E-state index in [1.807, 2.05) is 0 Å². The SMILES string of the molecule is CN1CCc2cc([C@H](CNC(=O)C(=O)Nc3ccon3)N3CCCC3)ccc21. The van der Waals surface area contributed by atoms with Gasteiger partial charge in [0.05, 0.1) is 6.04 Å². The molecule has 0 aliphatic carbocycles. The molecule has 1 fully saturated rings. The van der Waals surface area contributed by atoms with E-state index in [9.17, 15) is 9.59 Å². The van der Waals surface area contributed by atoms with Crippen LogP contribution in [0.25, 0.3) is 0 Å². The van der Waals surface area contributed by atoms with Crippen molar-refractivity contribution in [1.82, 2.24) is 15.4 Å². The van der Waals surface area contributed by atoms with E-state index >= 15 is 0 Å². The Morgan fingerprint density at radius 2 is 2.00 bits per heavy atom. The molecular formula is C20H25N5O3. The van der Waals surface area contributed by atoms with Crippen molar-refractivity contribution in [2.75, 3.05) is 43.4 Å². The molecule has 1 atom stereocenters. The molecule has 28 heavy (non-hydrogen) atoms. The Balaban J connectivity index is 1.45. The summed E-state index contributed by atoms with van der Waals surface area (Å²) in [5, 5.41) is 8.79. The fourth-order valence-electron chi connectivity index (χ4n) is 4.02. The van der Waals surface area contributed by atoms with Crippen molar-refractivity contribution >= 4 is 23.3 Å². The molecule has 0 spiro atoms. The maximum atomic E-state index is 12.2. The van der Waals surface area contributed by atoms with Crippen molar-refractivity contribution in [2.24, 2.45) is 0 Å². The van der Waals surface area contributed by atoms with Crippen LogP contribution in [0.4, 0.5) is 11.5 Å². The molecule has 1 aromatic heterocycles. The van der Waals surface area contributed by atoms with Gasteiger partial charge >= 0.3 is 11.8 Å². The minimum Gasteiger partial charge on any atom is -0.374 e. The predicted molar refractivity (Wildman–Crippen MR) is 105 cm³/mol. The van der Waals surface area contributed by atoms with Gasteiger partial charge in [0.15, 0.2) is 5.82 Å². The van der Waals surface area contributed by atoms with Gasteiger partial charge in [-0.3, -0.25) is 19.8 Å². The van der Waals surface area contributed by atoms with Gasteiger partial charge < -0.3 is 14.7 Å². The molecule has 8 heteroatoms. The molecule has 0 radical (unpaired) electrons. The van der Waals surface area contributed by atoms with Crippen molar-refractivity contribution in [3.05, 3.63) is 41.7 Å². The van der Waals surface area contributed by atoms with Crippen molar-refractivity contribution < 1.29 is 14.1 Å². The van der Waals surface area contributed by atoms with Gasteiger partial charge in [0.2, 0.25) is 0 Å². The monoisotopic (exact) mass is 383 g/mol. The van der Waals surface area contributed by atoms with Crippen molar-refractivity contribution in [3.8, 4) is 0 Å². The number of nitrogens with one attached hydrogen (secondary N) is 2. The number of hydrogen-bond donors (Lipinski definition) is 2. The molecule has 2 aliphatic rings. The summed E-state index contributed by atoms with van der Waals surface area (Å²) in [6, 6.07) is 8.11. The molecule has 2 N–H and O–H groups in total. The van der Waals surface area contributed by atoms with Gasteiger partial charge in [-0.15, -0.1) is 0 Å². The molecule has 0 unspecified atom stereocenters. The normalized spacial score (nSPS) is 17.4. The van der Waals surface area contributed by atoms with Crippen molar-refractivity contribution in [2.45, 2.75) is 25.3 Å². The molecule has 8 nitrogen and oxygen atoms in total. The quantitative estimate of drug-likeness (QED) is 0.762. The van der Waals surface area contributed by atoms with Crippen LogP contribution in [0.2, 0.25) is 0 Å². The molecule has 2 aliphatic heterocycles. The topological polar surface area (TPSA) is 90.7 Å². The number of carbonyl (C=O) groups is 2. The second kappa shape index (κ2) is 8.02. The number of nitrogens with zero attached hydrogens (tertiary/aromatic N) is 3. The summed E-state index contributed by atoms with van der Waals surface area (Å²) in [5.41, 5.74) is 3.81. The van der Waals surface area contributed by atoms with Crippen LogP contribution in [0.3, 0.4) is 0 Å². The molecule has 148 valence electrons. The number of amides is 2. The van der Waals surface area contributed by atoms with Gasteiger partial charge in [0.1, 0.15) is 6.26 Å². The molecule has 0 bridgehead atoms.